The Bertz CT molecular complexity index is 501. The molecule has 0 unspecified atom stereocenters. The molecule has 0 aliphatic heterocycles. The summed E-state index contributed by atoms with van der Waals surface area (Å²) in [6, 6.07) is 4.41. The highest BCUT2D eigenvalue weighted by Gasteiger charge is 2.30. The van der Waals surface area contributed by atoms with E-state index in [1.807, 2.05) is 0 Å². The Morgan fingerprint density at radius 1 is 1.30 bits per heavy atom. The molecule has 108 valence electrons. The first-order valence-corrected chi connectivity index (χ1v) is 5.71. The van der Waals surface area contributed by atoms with Crippen molar-refractivity contribution in [2.24, 2.45) is 0 Å². The van der Waals surface area contributed by atoms with Crippen molar-refractivity contribution < 1.29 is 22.7 Å². The molecule has 0 aromatic heterocycles. The van der Waals surface area contributed by atoms with Crippen molar-refractivity contribution in [1.29, 1.82) is 0 Å². The molecule has 1 aromatic rings. The van der Waals surface area contributed by atoms with Gasteiger partial charge in [-0.05, 0) is 31.2 Å². The van der Waals surface area contributed by atoms with Gasteiger partial charge in [0.1, 0.15) is 5.75 Å². The zero-order valence-corrected chi connectivity index (χ0v) is 10.7. The third-order valence-corrected chi connectivity index (χ3v) is 2.06. The molecule has 20 heavy (non-hydrogen) atoms. The van der Waals surface area contributed by atoms with Crippen LogP contribution in [0.4, 0.5) is 23.7 Å². The molecule has 0 saturated heterocycles. The molecular formula is C13H13F3N2O2. The van der Waals surface area contributed by atoms with Gasteiger partial charge in [0, 0.05) is 18.7 Å². The molecule has 0 saturated carbocycles. The summed E-state index contributed by atoms with van der Waals surface area (Å²) >= 11 is 0. The first-order chi connectivity index (χ1) is 9.40. The van der Waals surface area contributed by atoms with Gasteiger partial charge in [0.15, 0.2) is 0 Å². The van der Waals surface area contributed by atoms with Crippen molar-refractivity contribution >= 4 is 11.7 Å². The second kappa shape index (κ2) is 7.28. The number of nitrogens with one attached hydrogen (secondary N) is 2. The van der Waals surface area contributed by atoms with E-state index in [0.717, 1.165) is 12.1 Å². The van der Waals surface area contributed by atoms with Crippen molar-refractivity contribution in [1.82, 2.24) is 5.32 Å². The van der Waals surface area contributed by atoms with Crippen molar-refractivity contribution in [3.05, 3.63) is 24.3 Å². The predicted octanol–water partition coefficient (Wildman–Crippen LogP) is 3.12. The molecule has 2 N–H and O–H groups in total. The number of rotatable bonds is 4. The number of amides is 2. The lowest BCUT2D eigenvalue weighted by Gasteiger charge is -2.10. The minimum absolute atomic E-state index is 0.346. The van der Waals surface area contributed by atoms with Gasteiger partial charge in [-0.3, -0.25) is 0 Å². The third kappa shape index (κ3) is 6.54. The van der Waals surface area contributed by atoms with Crippen molar-refractivity contribution in [3.63, 3.8) is 0 Å². The maximum Gasteiger partial charge on any atom is 0.573 e. The number of urea groups is 1. The molecule has 0 spiro atoms. The smallest absolute Gasteiger partial charge is 0.406 e. The first-order valence-electron chi connectivity index (χ1n) is 5.71. The van der Waals surface area contributed by atoms with Crippen molar-refractivity contribution in [3.8, 4) is 17.6 Å². The molecule has 0 radical (unpaired) electrons. The fraction of sp³-hybridized carbons (Fsp3) is 0.308. The molecule has 0 fully saturated rings. The molecule has 0 heterocycles. The normalized spacial score (nSPS) is 10.2. The summed E-state index contributed by atoms with van der Waals surface area (Å²) in [6.07, 6.45) is -4.20. The number of alkyl halides is 3. The van der Waals surface area contributed by atoms with E-state index < -0.39 is 12.4 Å². The average molecular weight is 286 g/mol. The van der Waals surface area contributed by atoms with E-state index >= 15 is 0 Å². The second-order valence-corrected chi connectivity index (χ2v) is 3.63. The zero-order chi connectivity index (χ0) is 15.0. The molecule has 7 heteroatoms. The second-order valence-electron chi connectivity index (χ2n) is 3.63. The van der Waals surface area contributed by atoms with E-state index in [2.05, 4.69) is 27.2 Å². The molecule has 2 amide bonds. The van der Waals surface area contributed by atoms with E-state index in [-0.39, 0.29) is 5.75 Å². The lowest BCUT2D eigenvalue weighted by atomic mass is 10.3. The minimum atomic E-state index is -4.73. The Labute approximate surface area is 114 Å². The number of carbonyl (C=O) groups excluding carboxylic acids is 1. The van der Waals surface area contributed by atoms with E-state index in [1.165, 1.54) is 12.1 Å². The molecule has 0 aliphatic carbocycles. The summed E-state index contributed by atoms with van der Waals surface area (Å²) in [5, 5.41) is 5.03. The highest BCUT2D eigenvalue weighted by molar-refractivity contribution is 5.89. The fourth-order valence-corrected chi connectivity index (χ4v) is 1.28. The molecule has 4 nitrogen and oxygen atoms in total. The number of hydrogen-bond donors (Lipinski definition) is 2. The molecule has 1 rings (SSSR count). The van der Waals surface area contributed by atoms with Gasteiger partial charge in [-0.1, -0.05) is 0 Å². The Hall–Kier alpha value is -2.36. The van der Waals surface area contributed by atoms with Crippen LogP contribution >= 0.6 is 0 Å². The monoisotopic (exact) mass is 286 g/mol. The van der Waals surface area contributed by atoms with Gasteiger partial charge in [0.25, 0.3) is 0 Å². The Balaban J connectivity index is 2.44. The van der Waals surface area contributed by atoms with Gasteiger partial charge in [-0.25, -0.2) is 4.79 Å². The van der Waals surface area contributed by atoms with E-state index in [0.29, 0.717) is 18.7 Å². The van der Waals surface area contributed by atoms with E-state index in [4.69, 9.17) is 0 Å². The topological polar surface area (TPSA) is 50.4 Å². The Morgan fingerprint density at radius 3 is 2.50 bits per heavy atom. The summed E-state index contributed by atoms with van der Waals surface area (Å²) in [5.74, 6) is 5.12. The number of hydrogen-bond acceptors (Lipinski definition) is 2. The van der Waals surface area contributed by atoms with Crippen LogP contribution in [0, 0.1) is 11.8 Å². The van der Waals surface area contributed by atoms with Gasteiger partial charge in [-0.15, -0.1) is 25.0 Å². The Morgan fingerprint density at radius 2 is 1.95 bits per heavy atom. The van der Waals surface area contributed by atoms with Crippen LogP contribution in [0.5, 0.6) is 5.75 Å². The summed E-state index contributed by atoms with van der Waals surface area (Å²) in [4.78, 5) is 11.4. The SMILES string of the molecule is CC#CCCNC(=O)Nc1ccc(OC(F)(F)F)cc1. The molecule has 1 aromatic carbocycles. The van der Waals surface area contributed by atoms with E-state index in [9.17, 15) is 18.0 Å². The van der Waals surface area contributed by atoms with Crippen LogP contribution < -0.4 is 15.4 Å². The highest BCUT2D eigenvalue weighted by Crippen LogP contribution is 2.23. The lowest BCUT2D eigenvalue weighted by Crippen LogP contribution is -2.29. The van der Waals surface area contributed by atoms with Gasteiger partial charge in [-0.2, -0.15) is 0 Å². The molecule has 0 bridgehead atoms. The zero-order valence-electron chi connectivity index (χ0n) is 10.7. The molecular weight excluding hydrogens is 273 g/mol. The summed E-state index contributed by atoms with van der Waals surface area (Å²) in [6.45, 7) is 2.09. The minimum Gasteiger partial charge on any atom is -0.406 e. The maximum atomic E-state index is 11.9. The van der Waals surface area contributed by atoms with Crippen LogP contribution in [0.2, 0.25) is 0 Å². The summed E-state index contributed by atoms with van der Waals surface area (Å²) in [7, 11) is 0. The highest BCUT2D eigenvalue weighted by atomic mass is 19.4. The van der Waals surface area contributed by atoms with Gasteiger partial charge in [0.05, 0.1) is 0 Å². The quantitative estimate of drug-likeness (QED) is 0.660. The maximum absolute atomic E-state index is 11.9. The lowest BCUT2D eigenvalue weighted by molar-refractivity contribution is -0.274. The van der Waals surface area contributed by atoms with E-state index in [1.54, 1.807) is 6.92 Å². The molecule has 0 atom stereocenters. The standard InChI is InChI=1S/C13H13F3N2O2/c1-2-3-4-9-17-12(19)18-10-5-7-11(8-6-10)20-13(14,15)16/h5-8H,4,9H2,1H3,(H2,17,18,19). The van der Waals surface area contributed by atoms with Crippen molar-refractivity contribution in [2.75, 3.05) is 11.9 Å². The number of benzene rings is 1. The number of halogens is 3. The van der Waals surface area contributed by atoms with Crippen LogP contribution in [0.1, 0.15) is 13.3 Å². The van der Waals surface area contributed by atoms with Crippen LogP contribution in [0.15, 0.2) is 24.3 Å². The van der Waals surface area contributed by atoms with Gasteiger partial charge >= 0.3 is 12.4 Å². The van der Waals surface area contributed by atoms with Gasteiger partial charge in [0.2, 0.25) is 0 Å². The van der Waals surface area contributed by atoms with Gasteiger partial charge < -0.3 is 15.4 Å². The van der Waals surface area contributed by atoms with Crippen LogP contribution in [-0.4, -0.2) is 18.9 Å². The largest absolute Gasteiger partial charge is 0.573 e. The van der Waals surface area contributed by atoms with Crippen LogP contribution in [0.25, 0.3) is 0 Å². The summed E-state index contributed by atoms with van der Waals surface area (Å²) < 4.78 is 39.5. The van der Waals surface area contributed by atoms with Crippen LogP contribution in [0.3, 0.4) is 0 Å². The molecule has 0 aliphatic rings. The number of anilines is 1. The number of ether oxygens (including phenoxy) is 1. The Kier molecular flexibility index (Phi) is 5.72. The predicted molar refractivity (Wildman–Crippen MR) is 68.2 cm³/mol. The van der Waals surface area contributed by atoms with Crippen molar-refractivity contribution in [2.45, 2.75) is 19.7 Å². The third-order valence-electron chi connectivity index (χ3n) is 2.06. The summed E-state index contributed by atoms with van der Waals surface area (Å²) in [5.41, 5.74) is 0.360. The average Bonchev–Trinajstić information content (AvgIpc) is 2.35. The fourth-order valence-electron chi connectivity index (χ4n) is 1.28. The number of carbonyl (C=O) groups is 1. The first kappa shape index (κ1) is 15.7. The van der Waals surface area contributed by atoms with Crippen LogP contribution in [-0.2, 0) is 0 Å².